The molecule has 4 rings (SSSR count). The maximum atomic E-state index is 12.6. The quantitative estimate of drug-likeness (QED) is 0.899. The second-order valence-electron chi connectivity index (χ2n) is 7.78. The predicted octanol–water partition coefficient (Wildman–Crippen LogP) is 2.57. The Hall–Kier alpha value is -2.34. The van der Waals surface area contributed by atoms with E-state index in [0.717, 1.165) is 62.0 Å². The average Bonchev–Trinajstić information content (AvgIpc) is 2.68. The van der Waals surface area contributed by atoms with E-state index in [1.165, 1.54) is 12.0 Å². The lowest BCUT2D eigenvalue weighted by Crippen LogP contribution is -2.39. The zero-order valence-electron chi connectivity index (χ0n) is 16.2. The number of para-hydroxylation sites is 1. The van der Waals surface area contributed by atoms with Crippen LogP contribution < -0.4 is 15.2 Å². The summed E-state index contributed by atoms with van der Waals surface area (Å²) in [6.45, 7) is 6.55. The SMILES string of the molecule is COc1ccccc1CN1CCc2c(nc(N3CCC[C@H](C)C3)[nH]c2=O)C1. The van der Waals surface area contributed by atoms with E-state index in [2.05, 4.69) is 27.8 Å². The van der Waals surface area contributed by atoms with E-state index >= 15 is 0 Å². The van der Waals surface area contributed by atoms with Gasteiger partial charge in [-0.3, -0.25) is 14.7 Å². The molecule has 0 radical (unpaired) electrons. The van der Waals surface area contributed by atoms with Crippen LogP contribution in [0.25, 0.3) is 0 Å². The van der Waals surface area contributed by atoms with Crippen molar-refractivity contribution in [2.24, 2.45) is 5.92 Å². The van der Waals surface area contributed by atoms with Gasteiger partial charge in [0.2, 0.25) is 5.95 Å². The molecule has 2 aliphatic heterocycles. The van der Waals surface area contributed by atoms with Crippen molar-refractivity contribution in [2.75, 3.05) is 31.6 Å². The van der Waals surface area contributed by atoms with Crippen molar-refractivity contribution >= 4 is 5.95 Å². The van der Waals surface area contributed by atoms with E-state index in [-0.39, 0.29) is 5.56 Å². The largest absolute Gasteiger partial charge is 0.496 e. The maximum absolute atomic E-state index is 12.6. The van der Waals surface area contributed by atoms with Gasteiger partial charge < -0.3 is 9.64 Å². The molecule has 0 amide bonds. The molecule has 2 aliphatic rings. The van der Waals surface area contributed by atoms with Crippen molar-refractivity contribution in [3.05, 3.63) is 51.4 Å². The molecule has 1 atom stereocenters. The van der Waals surface area contributed by atoms with E-state index in [0.29, 0.717) is 12.5 Å². The van der Waals surface area contributed by atoms with Crippen LogP contribution in [-0.4, -0.2) is 41.6 Å². The van der Waals surface area contributed by atoms with E-state index in [1.54, 1.807) is 7.11 Å². The molecule has 2 aromatic rings. The third-order valence-electron chi connectivity index (χ3n) is 5.68. The number of aromatic nitrogens is 2. The number of aromatic amines is 1. The molecule has 1 saturated heterocycles. The highest BCUT2D eigenvalue weighted by atomic mass is 16.5. The zero-order chi connectivity index (χ0) is 18.8. The molecule has 0 unspecified atom stereocenters. The first-order valence-corrected chi connectivity index (χ1v) is 9.85. The molecule has 144 valence electrons. The Kier molecular flexibility index (Phi) is 5.16. The number of rotatable bonds is 4. The van der Waals surface area contributed by atoms with Crippen LogP contribution in [-0.2, 0) is 19.5 Å². The molecule has 1 aromatic heterocycles. The molecule has 0 bridgehead atoms. The van der Waals surface area contributed by atoms with Crippen LogP contribution >= 0.6 is 0 Å². The number of hydrogen-bond acceptors (Lipinski definition) is 5. The van der Waals surface area contributed by atoms with Crippen LogP contribution in [0.2, 0.25) is 0 Å². The molecule has 1 fully saturated rings. The van der Waals surface area contributed by atoms with Crippen molar-refractivity contribution in [1.29, 1.82) is 0 Å². The molecule has 0 saturated carbocycles. The monoisotopic (exact) mass is 368 g/mol. The van der Waals surface area contributed by atoms with E-state index in [4.69, 9.17) is 9.72 Å². The summed E-state index contributed by atoms with van der Waals surface area (Å²) in [4.78, 5) is 25.1. The fraction of sp³-hybridized carbons (Fsp3) is 0.524. The second-order valence-corrected chi connectivity index (χ2v) is 7.78. The number of benzene rings is 1. The fourth-order valence-corrected chi connectivity index (χ4v) is 4.22. The summed E-state index contributed by atoms with van der Waals surface area (Å²) < 4.78 is 5.48. The predicted molar refractivity (Wildman–Crippen MR) is 106 cm³/mol. The lowest BCUT2D eigenvalue weighted by atomic mass is 10.0. The summed E-state index contributed by atoms with van der Waals surface area (Å²) in [5.41, 5.74) is 2.97. The molecule has 3 heterocycles. The van der Waals surface area contributed by atoms with Gasteiger partial charge in [0.25, 0.3) is 5.56 Å². The lowest BCUT2D eigenvalue weighted by Gasteiger charge is -2.33. The van der Waals surface area contributed by atoms with E-state index < -0.39 is 0 Å². The Balaban J connectivity index is 1.55. The normalized spacial score (nSPS) is 20.4. The first kappa shape index (κ1) is 18.0. The smallest absolute Gasteiger partial charge is 0.255 e. The van der Waals surface area contributed by atoms with Crippen LogP contribution in [0.15, 0.2) is 29.1 Å². The molecular formula is C21H28N4O2. The summed E-state index contributed by atoms with van der Waals surface area (Å²) in [6.07, 6.45) is 3.14. The number of hydrogen-bond donors (Lipinski definition) is 1. The molecule has 1 aromatic carbocycles. The Morgan fingerprint density at radius 2 is 2.15 bits per heavy atom. The molecular weight excluding hydrogens is 340 g/mol. The highest BCUT2D eigenvalue weighted by Crippen LogP contribution is 2.24. The summed E-state index contributed by atoms with van der Waals surface area (Å²) in [5.74, 6) is 2.29. The first-order chi connectivity index (χ1) is 13.1. The van der Waals surface area contributed by atoms with Crippen LogP contribution in [0.1, 0.15) is 36.6 Å². The van der Waals surface area contributed by atoms with Crippen molar-refractivity contribution in [1.82, 2.24) is 14.9 Å². The summed E-state index contributed by atoms with van der Waals surface area (Å²) in [7, 11) is 1.71. The minimum Gasteiger partial charge on any atom is -0.496 e. The Bertz CT molecular complexity index is 864. The third kappa shape index (κ3) is 3.86. The Labute approximate surface area is 160 Å². The van der Waals surface area contributed by atoms with Crippen LogP contribution in [0.5, 0.6) is 5.75 Å². The highest BCUT2D eigenvalue weighted by Gasteiger charge is 2.24. The highest BCUT2D eigenvalue weighted by molar-refractivity contribution is 5.36. The minimum absolute atomic E-state index is 0.0326. The van der Waals surface area contributed by atoms with Crippen molar-refractivity contribution < 1.29 is 4.74 Å². The molecule has 1 N–H and O–H groups in total. The van der Waals surface area contributed by atoms with Gasteiger partial charge >= 0.3 is 0 Å². The number of methoxy groups -OCH3 is 1. The standard InChI is InChI=1S/C21H28N4O2/c1-15-6-5-10-25(12-15)21-22-18-14-24(11-9-17(18)20(26)23-21)13-16-7-3-4-8-19(16)27-2/h3-4,7-8,15H,5-6,9-14H2,1-2H3,(H,22,23,26)/t15-/m0/s1. The van der Waals surface area contributed by atoms with Crippen LogP contribution in [0.4, 0.5) is 5.95 Å². The van der Waals surface area contributed by atoms with Crippen LogP contribution in [0.3, 0.4) is 0 Å². The number of H-pyrrole nitrogens is 1. The minimum atomic E-state index is 0.0326. The molecule has 0 aliphatic carbocycles. The van der Waals surface area contributed by atoms with Gasteiger partial charge in [-0.25, -0.2) is 4.98 Å². The molecule has 6 nitrogen and oxygen atoms in total. The lowest BCUT2D eigenvalue weighted by molar-refractivity contribution is 0.237. The van der Waals surface area contributed by atoms with Gasteiger partial charge in [0.1, 0.15) is 5.75 Å². The third-order valence-corrected chi connectivity index (χ3v) is 5.68. The van der Waals surface area contributed by atoms with Gasteiger partial charge in [-0.1, -0.05) is 25.1 Å². The van der Waals surface area contributed by atoms with Crippen molar-refractivity contribution in [3.8, 4) is 5.75 Å². The topological polar surface area (TPSA) is 61.5 Å². The number of piperidine rings is 1. The van der Waals surface area contributed by atoms with Crippen molar-refractivity contribution in [2.45, 2.75) is 39.3 Å². The zero-order valence-corrected chi connectivity index (χ0v) is 16.2. The maximum Gasteiger partial charge on any atom is 0.255 e. The Morgan fingerprint density at radius 3 is 2.96 bits per heavy atom. The average molecular weight is 368 g/mol. The van der Waals surface area contributed by atoms with E-state index in [1.807, 2.05) is 18.2 Å². The van der Waals surface area contributed by atoms with Crippen molar-refractivity contribution in [3.63, 3.8) is 0 Å². The van der Waals surface area contributed by atoms with Gasteiger partial charge in [-0.2, -0.15) is 0 Å². The van der Waals surface area contributed by atoms with Gasteiger partial charge in [0.05, 0.1) is 12.8 Å². The summed E-state index contributed by atoms with van der Waals surface area (Å²) in [5, 5.41) is 0. The Morgan fingerprint density at radius 1 is 1.30 bits per heavy atom. The van der Waals surface area contributed by atoms with Crippen LogP contribution in [0, 0.1) is 5.92 Å². The molecule has 27 heavy (non-hydrogen) atoms. The summed E-state index contributed by atoms with van der Waals surface area (Å²) >= 11 is 0. The van der Waals surface area contributed by atoms with Gasteiger partial charge in [0.15, 0.2) is 0 Å². The van der Waals surface area contributed by atoms with E-state index in [9.17, 15) is 4.79 Å². The van der Waals surface area contributed by atoms with Gasteiger partial charge in [-0.15, -0.1) is 0 Å². The number of nitrogens with zero attached hydrogens (tertiary/aromatic N) is 3. The molecule has 0 spiro atoms. The number of anilines is 1. The number of fused-ring (bicyclic) bond motifs is 1. The first-order valence-electron chi connectivity index (χ1n) is 9.85. The molecule has 6 heteroatoms. The second kappa shape index (κ2) is 7.72. The van der Waals surface area contributed by atoms with Gasteiger partial charge in [-0.05, 0) is 31.2 Å². The fourth-order valence-electron chi connectivity index (χ4n) is 4.22. The number of nitrogens with one attached hydrogen (secondary N) is 1. The number of ether oxygens (including phenoxy) is 1. The van der Waals surface area contributed by atoms with Gasteiger partial charge in [0, 0.05) is 43.9 Å². The summed E-state index contributed by atoms with van der Waals surface area (Å²) in [6, 6.07) is 8.11.